The number of hydrogen-bond acceptors (Lipinski definition) is 4. The fourth-order valence-electron chi connectivity index (χ4n) is 2.70. The summed E-state index contributed by atoms with van der Waals surface area (Å²) in [4.78, 5) is 4.08. The average Bonchev–Trinajstić information content (AvgIpc) is 2.72. The molecule has 0 amide bonds. The highest BCUT2D eigenvalue weighted by molar-refractivity contribution is 5.65. The van der Waals surface area contributed by atoms with Crippen molar-refractivity contribution < 1.29 is 14.6 Å². The number of aliphatic hydroxyl groups is 1. The van der Waals surface area contributed by atoms with E-state index in [0.717, 1.165) is 34.6 Å². The largest absolute Gasteiger partial charge is 0.497 e. The molecular weight excluding hydrogens is 326 g/mol. The van der Waals surface area contributed by atoms with Gasteiger partial charge in [-0.15, -0.1) is 0 Å². The number of aliphatic hydroxyl groups excluding tert-OH is 1. The first kappa shape index (κ1) is 18.0. The van der Waals surface area contributed by atoms with Crippen molar-refractivity contribution in [1.82, 2.24) is 4.98 Å². The fourth-order valence-corrected chi connectivity index (χ4v) is 2.70. The Morgan fingerprint density at radius 3 is 2.54 bits per heavy atom. The van der Waals surface area contributed by atoms with E-state index < -0.39 is 6.10 Å². The molecule has 134 valence electrons. The molecule has 3 rings (SSSR count). The van der Waals surface area contributed by atoms with Crippen LogP contribution in [0.1, 0.15) is 12.0 Å². The van der Waals surface area contributed by atoms with Gasteiger partial charge in [-0.3, -0.25) is 4.98 Å². The number of aromatic nitrogens is 1. The van der Waals surface area contributed by atoms with Gasteiger partial charge in [0.2, 0.25) is 0 Å². The second-order valence-electron chi connectivity index (χ2n) is 6.12. The smallest absolute Gasteiger partial charge is 0.119 e. The van der Waals surface area contributed by atoms with E-state index in [2.05, 4.69) is 4.98 Å². The lowest BCUT2D eigenvalue weighted by atomic mass is 10.1. The molecule has 1 unspecified atom stereocenters. The van der Waals surface area contributed by atoms with Crippen LogP contribution >= 0.6 is 0 Å². The molecule has 4 nitrogen and oxygen atoms in total. The molecule has 1 atom stereocenters. The van der Waals surface area contributed by atoms with Crippen molar-refractivity contribution in [2.24, 2.45) is 0 Å². The first-order valence-corrected chi connectivity index (χ1v) is 8.69. The SMILES string of the molecule is COc1cccc(-c2ccc(OCC(O)CCc3cccnc3)cc2)c1. The molecule has 3 aromatic rings. The third kappa shape index (κ3) is 5.07. The standard InChI is InChI=1S/C22H23NO3/c1-25-22-6-2-5-19(14-22)18-8-11-21(12-9-18)26-16-20(24)10-7-17-4-3-13-23-15-17/h2-6,8-9,11-15,20,24H,7,10,16H2,1H3. The summed E-state index contributed by atoms with van der Waals surface area (Å²) in [5, 5.41) is 10.1. The highest BCUT2D eigenvalue weighted by Crippen LogP contribution is 2.25. The summed E-state index contributed by atoms with van der Waals surface area (Å²) in [5.74, 6) is 1.58. The summed E-state index contributed by atoms with van der Waals surface area (Å²) in [7, 11) is 1.66. The predicted molar refractivity (Wildman–Crippen MR) is 102 cm³/mol. The topological polar surface area (TPSA) is 51.6 Å². The number of ether oxygens (including phenoxy) is 2. The maximum atomic E-state index is 10.1. The number of benzene rings is 2. The van der Waals surface area contributed by atoms with Gasteiger partial charge in [-0.1, -0.05) is 30.3 Å². The van der Waals surface area contributed by atoms with Gasteiger partial charge in [0.25, 0.3) is 0 Å². The minimum atomic E-state index is -0.506. The number of aryl methyl sites for hydroxylation is 1. The highest BCUT2D eigenvalue weighted by Gasteiger charge is 2.07. The van der Waals surface area contributed by atoms with Crippen LogP contribution in [0.2, 0.25) is 0 Å². The van der Waals surface area contributed by atoms with Crippen LogP contribution in [0, 0.1) is 0 Å². The first-order chi connectivity index (χ1) is 12.7. The molecule has 0 fully saturated rings. The number of pyridine rings is 1. The highest BCUT2D eigenvalue weighted by atomic mass is 16.5. The van der Waals surface area contributed by atoms with E-state index in [1.165, 1.54) is 0 Å². The van der Waals surface area contributed by atoms with Gasteiger partial charge in [0.1, 0.15) is 18.1 Å². The van der Waals surface area contributed by atoms with E-state index in [9.17, 15) is 5.11 Å². The molecule has 0 aliphatic rings. The Hall–Kier alpha value is -2.85. The Labute approximate surface area is 154 Å². The van der Waals surface area contributed by atoms with Crippen molar-refractivity contribution in [2.45, 2.75) is 18.9 Å². The number of nitrogens with zero attached hydrogens (tertiary/aromatic N) is 1. The van der Waals surface area contributed by atoms with Gasteiger partial charge in [-0.2, -0.15) is 0 Å². The Balaban J connectivity index is 1.51. The fraction of sp³-hybridized carbons (Fsp3) is 0.227. The molecule has 0 aliphatic heterocycles. The van der Waals surface area contributed by atoms with Crippen molar-refractivity contribution >= 4 is 0 Å². The van der Waals surface area contributed by atoms with Crippen molar-refractivity contribution in [3.63, 3.8) is 0 Å². The summed E-state index contributed by atoms with van der Waals surface area (Å²) in [5.41, 5.74) is 3.30. The molecule has 4 heteroatoms. The van der Waals surface area contributed by atoms with E-state index in [-0.39, 0.29) is 6.61 Å². The summed E-state index contributed by atoms with van der Waals surface area (Å²) < 4.78 is 11.0. The normalized spacial score (nSPS) is 11.8. The lowest BCUT2D eigenvalue weighted by Gasteiger charge is -2.13. The molecule has 0 spiro atoms. The molecule has 0 radical (unpaired) electrons. The van der Waals surface area contributed by atoms with Crippen LogP contribution in [0.25, 0.3) is 11.1 Å². The Bertz CT molecular complexity index is 803. The second kappa shape index (κ2) is 9.02. The maximum Gasteiger partial charge on any atom is 0.119 e. The molecule has 1 N–H and O–H groups in total. The van der Waals surface area contributed by atoms with Gasteiger partial charge in [-0.25, -0.2) is 0 Å². The molecule has 0 bridgehead atoms. The number of rotatable bonds is 8. The number of hydrogen-bond donors (Lipinski definition) is 1. The van der Waals surface area contributed by atoms with Gasteiger partial charge < -0.3 is 14.6 Å². The van der Waals surface area contributed by atoms with Gasteiger partial charge in [0.15, 0.2) is 0 Å². The van der Waals surface area contributed by atoms with Gasteiger partial charge in [-0.05, 0) is 59.9 Å². The molecule has 0 saturated heterocycles. The summed E-state index contributed by atoms with van der Waals surface area (Å²) in [6, 6.07) is 19.7. The van der Waals surface area contributed by atoms with Crippen LogP contribution in [0.3, 0.4) is 0 Å². The van der Waals surface area contributed by atoms with Crippen LogP contribution in [0.4, 0.5) is 0 Å². The molecular formula is C22H23NO3. The van der Waals surface area contributed by atoms with Crippen LogP contribution < -0.4 is 9.47 Å². The van der Waals surface area contributed by atoms with Crippen molar-refractivity contribution in [3.05, 3.63) is 78.6 Å². The Morgan fingerprint density at radius 2 is 1.81 bits per heavy atom. The van der Waals surface area contributed by atoms with Gasteiger partial charge >= 0.3 is 0 Å². The van der Waals surface area contributed by atoms with Crippen LogP contribution in [-0.4, -0.2) is 29.9 Å². The maximum absolute atomic E-state index is 10.1. The van der Waals surface area contributed by atoms with Crippen molar-refractivity contribution in [2.75, 3.05) is 13.7 Å². The van der Waals surface area contributed by atoms with E-state index in [4.69, 9.17) is 9.47 Å². The lowest BCUT2D eigenvalue weighted by Crippen LogP contribution is -2.18. The van der Waals surface area contributed by atoms with Crippen LogP contribution in [0.15, 0.2) is 73.1 Å². The third-order valence-electron chi connectivity index (χ3n) is 4.19. The van der Waals surface area contributed by atoms with E-state index in [1.807, 2.05) is 66.9 Å². The lowest BCUT2D eigenvalue weighted by molar-refractivity contribution is 0.100. The third-order valence-corrected chi connectivity index (χ3v) is 4.19. The second-order valence-corrected chi connectivity index (χ2v) is 6.12. The Morgan fingerprint density at radius 1 is 0.962 bits per heavy atom. The van der Waals surface area contributed by atoms with Crippen LogP contribution in [-0.2, 0) is 6.42 Å². The van der Waals surface area contributed by atoms with E-state index in [1.54, 1.807) is 13.3 Å². The average molecular weight is 349 g/mol. The summed E-state index contributed by atoms with van der Waals surface area (Å²) in [6.07, 6.45) is 4.50. The predicted octanol–water partition coefficient (Wildman–Crippen LogP) is 4.13. The number of methoxy groups -OCH3 is 1. The van der Waals surface area contributed by atoms with Gasteiger partial charge in [0, 0.05) is 12.4 Å². The molecule has 0 saturated carbocycles. The van der Waals surface area contributed by atoms with Crippen molar-refractivity contribution in [1.29, 1.82) is 0 Å². The minimum Gasteiger partial charge on any atom is -0.497 e. The zero-order valence-electron chi connectivity index (χ0n) is 14.8. The quantitative estimate of drug-likeness (QED) is 0.664. The zero-order chi connectivity index (χ0) is 18.2. The molecule has 1 aromatic heterocycles. The summed E-state index contributed by atoms with van der Waals surface area (Å²) in [6.45, 7) is 0.277. The Kier molecular flexibility index (Phi) is 6.23. The molecule has 2 aromatic carbocycles. The molecule has 0 aliphatic carbocycles. The molecule has 26 heavy (non-hydrogen) atoms. The zero-order valence-corrected chi connectivity index (χ0v) is 14.8. The van der Waals surface area contributed by atoms with Crippen LogP contribution in [0.5, 0.6) is 11.5 Å². The van der Waals surface area contributed by atoms with E-state index >= 15 is 0 Å². The molecule has 1 heterocycles. The monoisotopic (exact) mass is 349 g/mol. The first-order valence-electron chi connectivity index (χ1n) is 8.69. The van der Waals surface area contributed by atoms with E-state index in [0.29, 0.717) is 6.42 Å². The van der Waals surface area contributed by atoms with Crippen molar-refractivity contribution in [3.8, 4) is 22.6 Å². The van der Waals surface area contributed by atoms with Gasteiger partial charge in [0.05, 0.1) is 13.2 Å². The minimum absolute atomic E-state index is 0.277. The summed E-state index contributed by atoms with van der Waals surface area (Å²) >= 11 is 0.